The van der Waals surface area contributed by atoms with E-state index >= 15 is 0 Å². The molecule has 1 unspecified atom stereocenters. The molecule has 1 aromatic rings. The molecule has 0 spiro atoms. The van der Waals surface area contributed by atoms with Gasteiger partial charge in [-0.3, -0.25) is 0 Å². The van der Waals surface area contributed by atoms with E-state index in [0.29, 0.717) is 12.0 Å². The summed E-state index contributed by atoms with van der Waals surface area (Å²) < 4.78 is 26.3. The summed E-state index contributed by atoms with van der Waals surface area (Å²) in [5.41, 5.74) is 6.56. The van der Waals surface area contributed by atoms with Crippen LogP contribution in [0.25, 0.3) is 0 Å². The quantitative estimate of drug-likeness (QED) is 0.888. The third-order valence-corrected chi connectivity index (χ3v) is 5.16. The van der Waals surface area contributed by atoms with Crippen molar-refractivity contribution in [2.24, 2.45) is 5.73 Å². The molecule has 0 aromatic heterocycles. The fraction of sp³-hybridized carbons (Fsp3) is 0.600. The maximum absolute atomic E-state index is 13.5. The fourth-order valence-electron chi connectivity index (χ4n) is 2.52. The van der Waals surface area contributed by atoms with E-state index in [4.69, 9.17) is 5.73 Å². The normalized spacial score (nSPS) is 18.5. The van der Waals surface area contributed by atoms with Crippen LogP contribution < -0.4 is 5.73 Å². The zero-order valence-electron chi connectivity index (χ0n) is 11.1. The predicted octanol–water partition coefficient (Wildman–Crippen LogP) is 3.90. The molecule has 1 aliphatic rings. The summed E-state index contributed by atoms with van der Waals surface area (Å²) in [5, 5.41) is 0.720. The molecule has 4 heteroatoms. The highest BCUT2D eigenvalue weighted by atomic mass is 32.2. The number of rotatable bonds is 5. The van der Waals surface area contributed by atoms with Gasteiger partial charge in [-0.05, 0) is 30.9 Å². The second kappa shape index (κ2) is 7.25. The van der Waals surface area contributed by atoms with E-state index in [0.717, 1.165) is 17.1 Å². The van der Waals surface area contributed by atoms with E-state index < -0.39 is 11.6 Å². The van der Waals surface area contributed by atoms with Crippen LogP contribution in [0, 0.1) is 11.6 Å². The summed E-state index contributed by atoms with van der Waals surface area (Å²) in [6.45, 7) is 0. The van der Waals surface area contributed by atoms with Gasteiger partial charge in [-0.1, -0.05) is 25.3 Å². The van der Waals surface area contributed by atoms with E-state index in [1.165, 1.54) is 44.2 Å². The Labute approximate surface area is 118 Å². The Morgan fingerprint density at radius 3 is 2.63 bits per heavy atom. The first kappa shape index (κ1) is 14.8. The third kappa shape index (κ3) is 4.77. The largest absolute Gasteiger partial charge is 0.327 e. The Morgan fingerprint density at radius 1 is 1.21 bits per heavy atom. The number of nitrogens with two attached hydrogens (primary N) is 1. The van der Waals surface area contributed by atoms with Crippen LogP contribution in [0.5, 0.6) is 0 Å². The monoisotopic (exact) mass is 285 g/mol. The standard InChI is InChI=1S/C15H21F2NS/c16-12-7-6-11(15(17)9-12)8-13(18)10-19-14-4-2-1-3-5-14/h6-7,9,13-14H,1-5,8,10,18H2. The lowest BCUT2D eigenvalue weighted by Crippen LogP contribution is -2.27. The first-order chi connectivity index (χ1) is 9.15. The molecule has 1 atom stereocenters. The fourth-order valence-corrected chi connectivity index (χ4v) is 3.82. The average molecular weight is 285 g/mol. The summed E-state index contributed by atoms with van der Waals surface area (Å²) >= 11 is 1.91. The maximum Gasteiger partial charge on any atom is 0.129 e. The van der Waals surface area contributed by atoms with Crippen molar-refractivity contribution in [3.05, 3.63) is 35.4 Å². The first-order valence-electron chi connectivity index (χ1n) is 6.96. The van der Waals surface area contributed by atoms with Crippen LogP contribution in [-0.2, 0) is 6.42 Å². The van der Waals surface area contributed by atoms with Crippen LogP contribution >= 0.6 is 11.8 Å². The highest BCUT2D eigenvalue weighted by molar-refractivity contribution is 7.99. The molecular weight excluding hydrogens is 264 g/mol. The highest BCUT2D eigenvalue weighted by Crippen LogP contribution is 2.28. The van der Waals surface area contributed by atoms with Crippen LogP contribution in [0.15, 0.2) is 18.2 Å². The molecule has 2 rings (SSSR count). The van der Waals surface area contributed by atoms with Crippen LogP contribution in [0.2, 0.25) is 0 Å². The molecule has 0 saturated heterocycles. The minimum atomic E-state index is -0.536. The molecule has 1 saturated carbocycles. The SMILES string of the molecule is NC(CSC1CCCCC1)Cc1ccc(F)cc1F. The first-order valence-corrected chi connectivity index (χ1v) is 8.01. The molecule has 19 heavy (non-hydrogen) atoms. The Hall–Kier alpha value is -0.610. The van der Waals surface area contributed by atoms with Crippen molar-refractivity contribution < 1.29 is 8.78 Å². The number of halogens is 2. The van der Waals surface area contributed by atoms with Gasteiger partial charge in [0.2, 0.25) is 0 Å². The number of hydrogen-bond donors (Lipinski definition) is 1. The van der Waals surface area contributed by atoms with Crippen molar-refractivity contribution >= 4 is 11.8 Å². The third-order valence-electron chi connectivity index (χ3n) is 3.60. The Kier molecular flexibility index (Phi) is 5.64. The summed E-state index contributed by atoms with van der Waals surface area (Å²) in [5.74, 6) is -0.175. The number of thioether (sulfide) groups is 1. The minimum absolute atomic E-state index is 0.0631. The van der Waals surface area contributed by atoms with Crippen molar-refractivity contribution in [3.8, 4) is 0 Å². The smallest absolute Gasteiger partial charge is 0.129 e. The van der Waals surface area contributed by atoms with Gasteiger partial charge in [0.1, 0.15) is 11.6 Å². The molecule has 0 heterocycles. The molecule has 106 valence electrons. The van der Waals surface area contributed by atoms with Crippen molar-refractivity contribution in [1.29, 1.82) is 0 Å². The molecular formula is C15H21F2NS. The summed E-state index contributed by atoms with van der Waals surface area (Å²) in [6, 6.07) is 3.65. The molecule has 0 radical (unpaired) electrons. The Morgan fingerprint density at radius 2 is 1.95 bits per heavy atom. The van der Waals surface area contributed by atoms with Crippen molar-refractivity contribution in [1.82, 2.24) is 0 Å². The second-order valence-electron chi connectivity index (χ2n) is 5.29. The molecule has 1 aliphatic carbocycles. The van der Waals surface area contributed by atoms with Gasteiger partial charge < -0.3 is 5.73 Å². The van der Waals surface area contributed by atoms with Gasteiger partial charge in [0.15, 0.2) is 0 Å². The highest BCUT2D eigenvalue weighted by Gasteiger charge is 2.16. The van der Waals surface area contributed by atoms with Gasteiger partial charge in [0, 0.05) is 23.1 Å². The van der Waals surface area contributed by atoms with Crippen molar-refractivity contribution in [3.63, 3.8) is 0 Å². The summed E-state index contributed by atoms with van der Waals surface area (Å²) in [6.07, 6.45) is 7.03. The topological polar surface area (TPSA) is 26.0 Å². The molecule has 0 aliphatic heterocycles. The lowest BCUT2D eigenvalue weighted by molar-refractivity contribution is 0.515. The van der Waals surface area contributed by atoms with Gasteiger partial charge in [-0.15, -0.1) is 0 Å². The number of benzene rings is 1. The zero-order chi connectivity index (χ0) is 13.7. The van der Waals surface area contributed by atoms with Crippen LogP contribution in [0.1, 0.15) is 37.7 Å². The van der Waals surface area contributed by atoms with Gasteiger partial charge in [0.05, 0.1) is 0 Å². The van der Waals surface area contributed by atoms with E-state index in [1.54, 1.807) is 0 Å². The van der Waals surface area contributed by atoms with E-state index in [2.05, 4.69) is 0 Å². The van der Waals surface area contributed by atoms with E-state index in [9.17, 15) is 8.78 Å². The van der Waals surface area contributed by atoms with Gasteiger partial charge in [-0.25, -0.2) is 8.78 Å². The minimum Gasteiger partial charge on any atom is -0.327 e. The molecule has 1 fully saturated rings. The van der Waals surface area contributed by atoms with Crippen LogP contribution in [-0.4, -0.2) is 17.0 Å². The van der Waals surface area contributed by atoms with Gasteiger partial charge in [-0.2, -0.15) is 11.8 Å². The second-order valence-corrected chi connectivity index (χ2v) is 6.63. The summed E-state index contributed by atoms with van der Waals surface area (Å²) in [4.78, 5) is 0. The lowest BCUT2D eigenvalue weighted by atomic mass is 10.0. The maximum atomic E-state index is 13.5. The molecule has 0 amide bonds. The van der Waals surface area contributed by atoms with E-state index in [1.807, 2.05) is 11.8 Å². The van der Waals surface area contributed by atoms with E-state index in [-0.39, 0.29) is 6.04 Å². The average Bonchev–Trinajstić information content (AvgIpc) is 2.41. The predicted molar refractivity (Wildman–Crippen MR) is 77.4 cm³/mol. The van der Waals surface area contributed by atoms with Crippen LogP contribution in [0.4, 0.5) is 8.78 Å². The zero-order valence-corrected chi connectivity index (χ0v) is 11.9. The van der Waals surface area contributed by atoms with Crippen LogP contribution in [0.3, 0.4) is 0 Å². The Bertz CT molecular complexity index is 405. The number of hydrogen-bond acceptors (Lipinski definition) is 2. The Balaban J connectivity index is 1.78. The molecule has 2 N–H and O–H groups in total. The van der Waals surface area contributed by atoms with Gasteiger partial charge in [0.25, 0.3) is 0 Å². The molecule has 1 aromatic carbocycles. The van der Waals surface area contributed by atoms with Crippen molar-refractivity contribution in [2.75, 3.05) is 5.75 Å². The lowest BCUT2D eigenvalue weighted by Gasteiger charge is -2.22. The van der Waals surface area contributed by atoms with Gasteiger partial charge >= 0.3 is 0 Å². The molecule has 1 nitrogen and oxygen atoms in total. The van der Waals surface area contributed by atoms with Crippen molar-refractivity contribution in [2.45, 2.75) is 49.8 Å². The summed E-state index contributed by atoms with van der Waals surface area (Å²) in [7, 11) is 0. The molecule has 0 bridgehead atoms.